The second kappa shape index (κ2) is 8.45. The summed E-state index contributed by atoms with van der Waals surface area (Å²) in [5.41, 5.74) is 1.99. The Kier molecular flexibility index (Phi) is 5.71. The second-order valence-corrected chi connectivity index (χ2v) is 7.86. The number of amides is 3. The van der Waals surface area contributed by atoms with Gasteiger partial charge in [-0.25, -0.2) is 9.48 Å². The molecule has 0 spiro atoms. The number of halogens is 2. The number of rotatable bonds is 5. The molecule has 3 amide bonds. The highest BCUT2D eigenvalue weighted by Gasteiger charge is 2.34. The summed E-state index contributed by atoms with van der Waals surface area (Å²) in [6, 6.07) is 13.2. The Hall–Kier alpha value is -3.29. The van der Waals surface area contributed by atoms with E-state index in [2.05, 4.69) is 10.4 Å². The van der Waals surface area contributed by atoms with E-state index in [0.29, 0.717) is 33.4 Å². The maximum atomic E-state index is 13.0. The van der Waals surface area contributed by atoms with Crippen LogP contribution in [0, 0.1) is 0 Å². The van der Waals surface area contributed by atoms with Crippen molar-refractivity contribution in [3.8, 4) is 5.69 Å². The molecular formula is C22H18Cl2N4O3. The van der Waals surface area contributed by atoms with E-state index in [9.17, 15) is 14.4 Å². The average molecular weight is 457 g/mol. The van der Waals surface area contributed by atoms with Gasteiger partial charge in [-0.05, 0) is 54.5 Å². The first kappa shape index (κ1) is 21.0. The minimum absolute atomic E-state index is 0.0427. The molecule has 2 aromatic carbocycles. The van der Waals surface area contributed by atoms with Crippen LogP contribution in [0.3, 0.4) is 0 Å². The van der Waals surface area contributed by atoms with E-state index in [0.717, 1.165) is 10.5 Å². The number of H-pyrrole nitrogens is 1. The molecule has 1 fully saturated rings. The number of hydrogen-bond acceptors (Lipinski definition) is 3. The van der Waals surface area contributed by atoms with Crippen molar-refractivity contribution in [1.29, 1.82) is 0 Å². The van der Waals surface area contributed by atoms with Gasteiger partial charge >= 0.3 is 6.03 Å². The minimum Gasteiger partial charge on any atom is -0.303 e. The fourth-order valence-electron chi connectivity index (χ4n) is 3.36. The summed E-state index contributed by atoms with van der Waals surface area (Å²) < 4.78 is 1.38. The summed E-state index contributed by atoms with van der Waals surface area (Å²) in [6.07, 6.45) is 1.95. The van der Waals surface area contributed by atoms with E-state index in [1.54, 1.807) is 48.5 Å². The standard InChI is InChI=1S/C22H18Cl2N4O3/c1-2-18-17(20(29)28(26-18)16-8-6-14(23)7-9-16)11-19-21(30)27(22(31)25-19)12-13-4-3-5-15(24)10-13/h3-11,26H,2,12H2,1H3,(H,25,31)/b19-11-. The van der Waals surface area contributed by atoms with Gasteiger partial charge in [0.05, 0.1) is 17.8 Å². The number of carbonyl (C=O) groups is 2. The molecule has 1 aromatic heterocycles. The van der Waals surface area contributed by atoms with Crippen molar-refractivity contribution in [2.24, 2.45) is 0 Å². The lowest BCUT2D eigenvalue weighted by molar-refractivity contribution is -0.123. The molecule has 7 nitrogen and oxygen atoms in total. The van der Waals surface area contributed by atoms with Crippen LogP contribution < -0.4 is 10.9 Å². The van der Waals surface area contributed by atoms with Crippen molar-refractivity contribution < 1.29 is 9.59 Å². The van der Waals surface area contributed by atoms with Crippen LogP contribution in [0.25, 0.3) is 11.8 Å². The molecular weight excluding hydrogens is 439 g/mol. The summed E-state index contributed by atoms with van der Waals surface area (Å²) in [6.45, 7) is 1.96. The quantitative estimate of drug-likeness (QED) is 0.446. The van der Waals surface area contributed by atoms with E-state index < -0.39 is 11.9 Å². The zero-order valence-electron chi connectivity index (χ0n) is 16.5. The van der Waals surface area contributed by atoms with Gasteiger partial charge in [0.25, 0.3) is 11.5 Å². The summed E-state index contributed by atoms with van der Waals surface area (Å²) in [5, 5.41) is 6.69. The van der Waals surface area contributed by atoms with E-state index in [4.69, 9.17) is 23.2 Å². The molecule has 0 atom stereocenters. The number of urea groups is 1. The molecule has 9 heteroatoms. The molecule has 31 heavy (non-hydrogen) atoms. The molecule has 158 valence electrons. The molecule has 3 aromatic rings. The fraction of sp³-hybridized carbons (Fsp3) is 0.136. The van der Waals surface area contributed by atoms with Gasteiger partial charge in [-0.1, -0.05) is 42.3 Å². The lowest BCUT2D eigenvalue weighted by Crippen LogP contribution is -2.30. The van der Waals surface area contributed by atoms with Gasteiger partial charge in [0.1, 0.15) is 5.70 Å². The maximum absolute atomic E-state index is 13.0. The third-order valence-corrected chi connectivity index (χ3v) is 5.41. The van der Waals surface area contributed by atoms with Gasteiger partial charge in [0.15, 0.2) is 0 Å². The molecule has 1 saturated heterocycles. The fourth-order valence-corrected chi connectivity index (χ4v) is 3.70. The molecule has 1 aliphatic rings. The number of nitrogens with one attached hydrogen (secondary N) is 2. The molecule has 0 radical (unpaired) electrons. The summed E-state index contributed by atoms with van der Waals surface area (Å²) in [7, 11) is 0. The van der Waals surface area contributed by atoms with Crippen LogP contribution in [0.15, 0.2) is 59.0 Å². The Morgan fingerprint density at radius 2 is 1.74 bits per heavy atom. The highest BCUT2D eigenvalue weighted by atomic mass is 35.5. The van der Waals surface area contributed by atoms with Gasteiger partial charge in [-0.2, -0.15) is 0 Å². The van der Waals surface area contributed by atoms with Crippen molar-refractivity contribution >= 4 is 41.2 Å². The van der Waals surface area contributed by atoms with E-state index in [-0.39, 0.29) is 17.8 Å². The number of imide groups is 1. The van der Waals surface area contributed by atoms with Gasteiger partial charge in [0, 0.05) is 15.7 Å². The Balaban J connectivity index is 1.67. The Morgan fingerprint density at radius 1 is 1.00 bits per heavy atom. The third kappa shape index (κ3) is 4.15. The highest BCUT2D eigenvalue weighted by molar-refractivity contribution is 6.30. The van der Waals surface area contributed by atoms with Crippen LogP contribution in [-0.4, -0.2) is 26.6 Å². The first-order valence-electron chi connectivity index (χ1n) is 9.56. The van der Waals surface area contributed by atoms with Gasteiger partial charge < -0.3 is 5.32 Å². The summed E-state index contributed by atoms with van der Waals surface area (Å²) >= 11 is 11.9. The third-order valence-electron chi connectivity index (χ3n) is 4.92. The lowest BCUT2D eigenvalue weighted by Gasteiger charge is -2.11. The first-order valence-corrected chi connectivity index (χ1v) is 10.3. The highest BCUT2D eigenvalue weighted by Crippen LogP contribution is 2.20. The van der Waals surface area contributed by atoms with Crippen molar-refractivity contribution in [1.82, 2.24) is 20.0 Å². The molecule has 0 bridgehead atoms. The number of aryl methyl sites for hydroxylation is 1. The summed E-state index contributed by atoms with van der Waals surface area (Å²) in [4.78, 5) is 39.3. The van der Waals surface area contributed by atoms with E-state index in [1.165, 1.54) is 10.8 Å². The second-order valence-electron chi connectivity index (χ2n) is 6.98. The van der Waals surface area contributed by atoms with Gasteiger partial charge in [-0.3, -0.25) is 19.6 Å². The Morgan fingerprint density at radius 3 is 2.42 bits per heavy atom. The molecule has 0 saturated carbocycles. The largest absolute Gasteiger partial charge is 0.329 e. The number of carbonyl (C=O) groups excluding carboxylic acids is 2. The van der Waals surface area contributed by atoms with Crippen molar-refractivity contribution in [3.05, 3.63) is 91.4 Å². The predicted octanol–water partition coefficient (Wildman–Crippen LogP) is 4.13. The van der Waals surface area contributed by atoms with Crippen LogP contribution in [0.2, 0.25) is 10.0 Å². The summed E-state index contributed by atoms with van der Waals surface area (Å²) in [5.74, 6) is -0.509. The topological polar surface area (TPSA) is 87.2 Å². The number of hydrogen-bond donors (Lipinski definition) is 2. The van der Waals surface area contributed by atoms with Crippen LogP contribution in [-0.2, 0) is 17.8 Å². The van der Waals surface area contributed by atoms with Crippen LogP contribution in [0.4, 0.5) is 4.79 Å². The smallest absolute Gasteiger partial charge is 0.303 e. The number of nitrogens with zero attached hydrogens (tertiary/aromatic N) is 2. The van der Waals surface area contributed by atoms with E-state index in [1.807, 2.05) is 6.92 Å². The zero-order chi connectivity index (χ0) is 22.1. The number of aromatic amines is 1. The number of aromatic nitrogens is 2. The molecule has 0 aliphatic carbocycles. The lowest BCUT2D eigenvalue weighted by atomic mass is 10.1. The zero-order valence-corrected chi connectivity index (χ0v) is 18.0. The molecule has 2 heterocycles. The SMILES string of the molecule is CCc1[nH]n(-c2ccc(Cl)cc2)c(=O)c1/C=C1\NC(=O)N(Cc2cccc(Cl)c2)C1=O. The van der Waals surface area contributed by atoms with Gasteiger partial charge in [-0.15, -0.1) is 0 Å². The van der Waals surface area contributed by atoms with Crippen LogP contribution >= 0.6 is 23.2 Å². The molecule has 2 N–H and O–H groups in total. The molecule has 0 unspecified atom stereocenters. The monoisotopic (exact) mass is 456 g/mol. The minimum atomic E-state index is -0.553. The van der Waals surface area contributed by atoms with Crippen molar-refractivity contribution in [2.75, 3.05) is 0 Å². The van der Waals surface area contributed by atoms with Crippen LogP contribution in [0.5, 0.6) is 0 Å². The van der Waals surface area contributed by atoms with Gasteiger partial charge in [0.2, 0.25) is 0 Å². The molecule has 4 rings (SSSR count). The van der Waals surface area contributed by atoms with Crippen LogP contribution in [0.1, 0.15) is 23.7 Å². The normalized spacial score (nSPS) is 15.1. The Labute approximate surface area is 187 Å². The predicted molar refractivity (Wildman–Crippen MR) is 119 cm³/mol. The molecule has 1 aliphatic heterocycles. The first-order chi connectivity index (χ1) is 14.9. The van der Waals surface area contributed by atoms with E-state index >= 15 is 0 Å². The maximum Gasteiger partial charge on any atom is 0.329 e. The average Bonchev–Trinajstić information content (AvgIpc) is 3.20. The van der Waals surface area contributed by atoms with Crippen molar-refractivity contribution in [3.63, 3.8) is 0 Å². The Bertz CT molecular complexity index is 1260. The number of benzene rings is 2. The van der Waals surface area contributed by atoms with Crippen molar-refractivity contribution in [2.45, 2.75) is 19.9 Å².